The molecule has 0 radical (unpaired) electrons. The van der Waals surface area contributed by atoms with Crippen molar-refractivity contribution < 1.29 is 36.2 Å². The maximum atomic E-state index is 14.8. The van der Waals surface area contributed by atoms with Gasteiger partial charge in [-0.3, -0.25) is 4.90 Å². The summed E-state index contributed by atoms with van der Waals surface area (Å²) in [5.41, 5.74) is 3.59. The molecule has 2 unspecified atom stereocenters. The van der Waals surface area contributed by atoms with Gasteiger partial charge < -0.3 is 5.11 Å². The van der Waals surface area contributed by atoms with Gasteiger partial charge in [0.2, 0.25) is 0 Å². The number of aliphatic carboxylic acids is 1. The fourth-order valence-electron chi connectivity index (χ4n) is 4.81. The van der Waals surface area contributed by atoms with Gasteiger partial charge in [0.1, 0.15) is 17.5 Å². The van der Waals surface area contributed by atoms with E-state index in [-0.39, 0.29) is 30.0 Å². The second-order valence-corrected chi connectivity index (χ2v) is 8.93. The first-order valence-electron chi connectivity index (χ1n) is 11.6. The molecule has 0 amide bonds. The highest BCUT2D eigenvalue weighted by Gasteiger charge is 2.38. The molecule has 1 saturated heterocycles. The van der Waals surface area contributed by atoms with Crippen LogP contribution in [0.5, 0.6) is 0 Å². The quantitative estimate of drug-likeness (QED) is 0.370. The van der Waals surface area contributed by atoms with Crippen molar-refractivity contribution in [3.8, 4) is 11.1 Å². The van der Waals surface area contributed by atoms with Crippen molar-refractivity contribution in [2.45, 2.75) is 44.1 Å². The lowest BCUT2D eigenvalue weighted by atomic mass is 9.92. The Morgan fingerprint density at radius 1 is 0.865 bits per heavy atom. The second kappa shape index (κ2) is 10.8. The van der Waals surface area contributed by atoms with Gasteiger partial charge in [0.15, 0.2) is 0 Å². The van der Waals surface area contributed by atoms with Gasteiger partial charge in [-0.2, -0.15) is 13.2 Å². The van der Waals surface area contributed by atoms with E-state index in [2.05, 4.69) is 11.0 Å². The molecule has 2 atom stereocenters. The molecule has 0 saturated carbocycles. The summed E-state index contributed by atoms with van der Waals surface area (Å²) >= 11 is 0. The number of carboxylic acid groups (broad SMARTS) is 1. The number of rotatable bonds is 4. The summed E-state index contributed by atoms with van der Waals surface area (Å²) in [6.45, 7) is 0.263. The highest BCUT2D eigenvalue weighted by Crippen LogP contribution is 2.40. The van der Waals surface area contributed by atoms with Crippen LogP contribution >= 0.6 is 0 Å². The van der Waals surface area contributed by atoms with E-state index in [9.17, 15) is 26.3 Å². The Kier molecular flexibility index (Phi) is 7.73. The molecule has 1 N–H and O–H groups in total. The Morgan fingerprint density at radius 3 is 2.08 bits per heavy atom. The lowest BCUT2D eigenvalue weighted by Crippen LogP contribution is -2.38. The molecule has 2 aliphatic heterocycles. The zero-order valence-corrected chi connectivity index (χ0v) is 19.5. The molecule has 0 aliphatic carbocycles. The molecule has 2 aliphatic rings. The van der Waals surface area contributed by atoms with Crippen molar-refractivity contribution in [2.24, 2.45) is 0 Å². The summed E-state index contributed by atoms with van der Waals surface area (Å²) in [7, 11) is 0. The van der Waals surface area contributed by atoms with E-state index in [0.717, 1.165) is 36.0 Å². The smallest absolute Gasteiger partial charge is 0.475 e. The van der Waals surface area contributed by atoms with Gasteiger partial charge in [0.05, 0.1) is 0 Å². The fraction of sp³-hybridized carbons (Fsp3) is 0.250. The molecule has 3 aromatic carbocycles. The molecule has 3 aromatic rings. The first kappa shape index (κ1) is 26.5. The van der Waals surface area contributed by atoms with Crippen LogP contribution in [0, 0.1) is 17.5 Å². The molecule has 2 bridgehead atoms. The van der Waals surface area contributed by atoms with Gasteiger partial charge in [-0.25, -0.2) is 18.0 Å². The average Bonchev–Trinajstić information content (AvgIpc) is 3.07. The standard InChI is InChI=1S/C26H22F3N.C2HF3O2/c27-24-7-4-8-25(28)23(24)16-30-20-10-11-21(30)14-19(13-20)18-9-12-22(26(29)15-18)17-5-2-1-3-6-17;3-2(4,5)1(6)7/h1-9,12-13,15,20-21H,10-11,14,16H2;(H,6,7). The molecule has 37 heavy (non-hydrogen) atoms. The van der Waals surface area contributed by atoms with Crippen LogP contribution in [0.2, 0.25) is 0 Å². The SMILES string of the molecule is Fc1cc(C2=CC3CCC(C2)N3Cc2c(F)cccc2F)ccc1-c1ccccc1.O=C(O)C(F)(F)F. The summed E-state index contributed by atoms with van der Waals surface area (Å²) in [5, 5.41) is 7.12. The minimum atomic E-state index is -5.08. The van der Waals surface area contributed by atoms with Crippen molar-refractivity contribution in [3.05, 3.63) is 101 Å². The van der Waals surface area contributed by atoms with Crippen LogP contribution in [0.15, 0.2) is 72.8 Å². The largest absolute Gasteiger partial charge is 0.490 e. The topological polar surface area (TPSA) is 40.5 Å². The Labute approximate surface area is 209 Å². The van der Waals surface area contributed by atoms with Crippen molar-refractivity contribution >= 4 is 11.5 Å². The monoisotopic (exact) mass is 519 g/mol. The molecule has 194 valence electrons. The first-order chi connectivity index (χ1) is 17.5. The average molecular weight is 519 g/mol. The Balaban J connectivity index is 0.000000405. The van der Waals surface area contributed by atoms with Gasteiger partial charge in [0.25, 0.3) is 0 Å². The normalized spacial score (nSPS) is 19.1. The number of hydrogen-bond acceptors (Lipinski definition) is 2. The molecular formula is C28H23F6NO2. The number of fused-ring (bicyclic) bond motifs is 2. The minimum Gasteiger partial charge on any atom is -0.475 e. The Hall–Kier alpha value is -3.59. The van der Waals surface area contributed by atoms with Gasteiger partial charge in [-0.15, -0.1) is 0 Å². The highest BCUT2D eigenvalue weighted by molar-refractivity contribution is 5.73. The van der Waals surface area contributed by atoms with Gasteiger partial charge in [0, 0.05) is 29.8 Å². The van der Waals surface area contributed by atoms with Gasteiger partial charge in [-0.05, 0) is 54.2 Å². The van der Waals surface area contributed by atoms with Crippen LogP contribution < -0.4 is 0 Å². The van der Waals surface area contributed by atoms with Crippen LogP contribution in [0.1, 0.15) is 30.4 Å². The zero-order valence-electron chi connectivity index (χ0n) is 19.5. The predicted octanol–water partition coefficient (Wildman–Crippen LogP) is 7.22. The summed E-state index contributed by atoms with van der Waals surface area (Å²) < 4.78 is 74.8. The third-order valence-corrected chi connectivity index (χ3v) is 6.61. The summed E-state index contributed by atoms with van der Waals surface area (Å²) in [6.07, 6.45) is -0.240. The zero-order chi connectivity index (χ0) is 26.7. The highest BCUT2D eigenvalue weighted by atomic mass is 19.4. The first-order valence-corrected chi connectivity index (χ1v) is 11.6. The summed E-state index contributed by atoms with van der Waals surface area (Å²) in [6, 6.07) is 19.3. The second-order valence-electron chi connectivity index (χ2n) is 8.93. The predicted molar refractivity (Wildman–Crippen MR) is 127 cm³/mol. The molecule has 3 nitrogen and oxygen atoms in total. The molecule has 0 aromatic heterocycles. The number of halogens is 6. The number of nitrogens with zero attached hydrogens (tertiary/aromatic N) is 1. The molecule has 0 spiro atoms. The van der Waals surface area contributed by atoms with E-state index >= 15 is 0 Å². The maximum absolute atomic E-state index is 14.8. The van der Waals surface area contributed by atoms with Crippen molar-refractivity contribution in [1.29, 1.82) is 0 Å². The third kappa shape index (κ3) is 6.05. The maximum Gasteiger partial charge on any atom is 0.490 e. The minimum absolute atomic E-state index is 0.120. The number of carbonyl (C=O) groups is 1. The van der Waals surface area contributed by atoms with Crippen LogP contribution in [0.25, 0.3) is 16.7 Å². The number of alkyl halides is 3. The lowest BCUT2D eigenvalue weighted by molar-refractivity contribution is -0.192. The third-order valence-electron chi connectivity index (χ3n) is 6.61. The number of hydrogen-bond donors (Lipinski definition) is 1. The Morgan fingerprint density at radius 2 is 1.51 bits per heavy atom. The number of carboxylic acids is 1. The molecule has 5 rings (SSSR count). The lowest BCUT2D eigenvalue weighted by Gasteiger charge is -2.34. The fourth-order valence-corrected chi connectivity index (χ4v) is 4.81. The van der Waals surface area contributed by atoms with E-state index in [1.54, 1.807) is 6.07 Å². The van der Waals surface area contributed by atoms with Crippen molar-refractivity contribution in [1.82, 2.24) is 4.90 Å². The van der Waals surface area contributed by atoms with Crippen LogP contribution in [-0.2, 0) is 11.3 Å². The summed E-state index contributed by atoms with van der Waals surface area (Å²) in [5.74, 6) is -3.99. The van der Waals surface area contributed by atoms with E-state index in [4.69, 9.17) is 9.90 Å². The molecular weight excluding hydrogens is 496 g/mol. The van der Waals surface area contributed by atoms with E-state index in [0.29, 0.717) is 5.56 Å². The van der Waals surface area contributed by atoms with E-state index in [1.165, 1.54) is 18.2 Å². The Bertz CT molecular complexity index is 1290. The van der Waals surface area contributed by atoms with Crippen LogP contribution in [0.3, 0.4) is 0 Å². The molecule has 2 heterocycles. The van der Waals surface area contributed by atoms with Crippen LogP contribution in [-0.4, -0.2) is 34.2 Å². The number of benzene rings is 3. The van der Waals surface area contributed by atoms with Crippen molar-refractivity contribution in [2.75, 3.05) is 0 Å². The van der Waals surface area contributed by atoms with Gasteiger partial charge >= 0.3 is 12.1 Å². The van der Waals surface area contributed by atoms with Crippen molar-refractivity contribution in [3.63, 3.8) is 0 Å². The molecule has 9 heteroatoms. The van der Waals surface area contributed by atoms with Gasteiger partial charge in [-0.1, -0.05) is 54.6 Å². The summed E-state index contributed by atoms with van der Waals surface area (Å²) in [4.78, 5) is 11.1. The van der Waals surface area contributed by atoms with Crippen LogP contribution in [0.4, 0.5) is 26.3 Å². The van der Waals surface area contributed by atoms with E-state index in [1.807, 2.05) is 42.5 Å². The molecule has 1 fully saturated rings. The van der Waals surface area contributed by atoms with E-state index < -0.39 is 23.8 Å².